The molecular weight excluding hydrogens is 314 g/mol. The fraction of sp³-hybridized carbons (Fsp3) is 0.538. The number of hydrogen-bond donors (Lipinski definition) is 0. The first-order valence-corrected chi connectivity index (χ1v) is 5.99. The average molecular weight is 330 g/mol. The van der Waals surface area contributed by atoms with Gasteiger partial charge in [0.05, 0.1) is 6.61 Å². The summed E-state index contributed by atoms with van der Waals surface area (Å²) in [5.74, 6) is -5.56. The third kappa shape index (κ3) is 13.5. The van der Waals surface area contributed by atoms with Gasteiger partial charge >= 0.3 is 65.1 Å². The van der Waals surface area contributed by atoms with E-state index in [-0.39, 0.29) is 84.1 Å². The van der Waals surface area contributed by atoms with Gasteiger partial charge in [0.2, 0.25) is 0 Å². The molecule has 0 aliphatic carbocycles. The topological polar surface area (TPSA) is 124 Å². The summed E-state index contributed by atoms with van der Waals surface area (Å²) >= 11 is 0. The Hall–Kier alpha value is -0.180. The molecule has 0 rings (SSSR count). The van der Waals surface area contributed by atoms with E-state index in [1.54, 1.807) is 0 Å². The number of esters is 1. The number of hydrogen-bond acceptors (Lipinski definition) is 7. The van der Waals surface area contributed by atoms with Crippen LogP contribution in [0.1, 0.15) is 32.6 Å². The minimum absolute atomic E-state index is 0. The van der Waals surface area contributed by atoms with Gasteiger partial charge in [0.15, 0.2) is 0 Å². The molecule has 0 aromatic rings. The monoisotopic (exact) mass is 330 g/mol. The molecule has 0 radical (unpaired) electrons. The predicted octanol–water partition coefficient (Wildman–Crippen LogP) is -7.64. The molecule has 0 amide bonds. The molecule has 7 nitrogen and oxygen atoms in total. The smallest absolute Gasteiger partial charge is 0.550 e. The summed E-state index contributed by atoms with van der Waals surface area (Å²) in [7, 11) is 0. The summed E-state index contributed by atoms with van der Waals surface area (Å²) in [5, 5.41) is 20.9. The first-order chi connectivity index (χ1) is 9.23. The van der Waals surface area contributed by atoms with Gasteiger partial charge in [-0.25, -0.2) is 4.79 Å². The quantitative estimate of drug-likeness (QED) is 0.169. The van der Waals surface area contributed by atoms with Crippen LogP contribution in [0.15, 0.2) is 12.2 Å². The van der Waals surface area contributed by atoms with E-state index in [0.717, 1.165) is 0 Å². The minimum atomic E-state index is -1.60. The Morgan fingerprint density at radius 1 is 1.09 bits per heavy atom. The van der Waals surface area contributed by atoms with Crippen molar-refractivity contribution >= 4 is 23.7 Å². The Morgan fingerprint density at radius 2 is 1.64 bits per heavy atom. The third-order valence-corrected chi connectivity index (χ3v) is 2.40. The summed E-state index contributed by atoms with van der Waals surface area (Å²) in [4.78, 5) is 43.4. The summed E-state index contributed by atoms with van der Waals surface area (Å²) in [6, 6.07) is 0. The van der Waals surface area contributed by atoms with E-state index in [1.165, 1.54) is 6.92 Å². The number of Topliss-reactive ketones (excluding diaryl/α,β-unsaturated/α-hetero) is 1. The molecule has 1 unspecified atom stereocenters. The second-order valence-corrected chi connectivity index (χ2v) is 4.35. The van der Waals surface area contributed by atoms with Crippen molar-refractivity contribution in [2.45, 2.75) is 32.6 Å². The Balaban J connectivity index is -0.00000180. The number of carboxylic acids is 2. The zero-order valence-corrected chi connectivity index (χ0v) is 17.2. The molecule has 0 saturated carbocycles. The molecule has 0 fully saturated rings. The summed E-state index contributed by atoms with van der Waals surface area (Å²) in [6.45, 7) is 4.87. The van der Waals surface area contributed by atoms with Crippen LogP contribution in [0.3, 0.4) is 0 Å². The molecule has 112 valence electrons. The number of aliphatic carboxylic acids is 2. The summed E-state index contributed by atoms with van der Waals surface area (Å²) in [5.41, 5.74) is 0.238. The number of carboxylic acid groups (broad SMARTS) is 2. The Morgan fingerprint density at radius 3 is 2.05 bits per heavy atom. The van der Waals surface area contributed by atoms with Crippen molar-refractivity contribution in [2.24, 2.45) is 5.92 Å². The second kappa shape index (κ2) is 14.4. The molecule has 9 heteroatoms. The van der Waals surface area contributed by atoms with Crippen LogP contribution in [0.2, 0.25) is 0 Å². The predicted molar refractivity (Wildman–Crippen MR) is 62.8 cm³/mol. The molecule has 22 heavy (non-hydrogen) atoms. The minimum Gasteiger partial charge on any atom is -0.550 e. The molecular formula is C13H16Na2O7. The van der Waals surface area contributed by atoms with Crippen molar-refractivity contribution in [1.82, 2.24) is 0 Å². The van der Waals surface area contributed by atoms with Gasteiger partial charge in [0.1, 0.15) is 5.78 Å². The molecule has 0 N–H and O–H groups in total. The molecule has 0 aliphatic rings. The van der Waals surface area contributed by atoms with Crippen LogP contribution < -0.4 is 69.3 Å². The van der Waals surface area contributed by atoms with Crippen LogP contribution >= 0.6 is 0 Å². The van der Waals surface area contributed by atoms with Crippen LogP contribution in [0, 0.1) is 5.92 Å². The molecule has 0 spiro atoms. The number of carbonyl (C=O) groups is 4. The van der Waals surface area contributed by atoms with Crippen molar-refractivity contribution in [1.29, 1.82) is 0 Å². The molecule has 0 heterocycles. The molecule has 0 bridgehead atoms. The van der Waals surface area contributed by atoms with Gasteiger partial charge in [-0.15, -0.1) is 0 Å². The van der Waals surface area contributed by atoms with Gasteiger partial charge in [0.25, 0.3) is 0 Å². The maximum absolute atomic E-state index is 11.5. The molecule has 1 atom stereocenters. The second-order valence-electron chi connectivity index (χ2n) is 4.35. The van der Waals surface area contributed by atoms with Crippen LogP contribution in [-0.2, 0) is 23.9 Å². The van der Waals surface area contributed by atoms with E-state index in [2.05, 4.69) is 6.58 Å². The van der Waals surface area contributed by atoms with E-state index in [9.17, 15) is 29.4 Å². The summed E-state index contributed by atoms with van der Waals surface area (Å²) < 4.78 is 4.75. The summed E-state index contributed by atoms with van der Waals surface area (Å²) in [6.07, 6.45) is -0.993. The van der Waals surface area contributed by atoms with Gasteiger partial charge in [-0.05, 0) is 19.8 Å². The zero-order valence-electron chi connectivity index (χ0n) is 13.2. The van der Waals surface area contributed by atoms with Crippen LogP contribution in [0.25, 0.3) is 0 Å². The SMILES string of the molecule is C=C(C)C(=O)OCCCC(=O)CC(CC(=O)[O-])C(=O)[O-].[Na+].[Na+]. The number of rotatable bonds is 10. The van der Waals surface area contributed by atoms with Gasteiger partial charge in [-0.3, -0.25) is 4.79 Å². The Kier molecular flexibility index (Phi) is 17.5. The van der Waals surface area contributed by atoms with Gasteiger partial charge in [0, 0.05) is 36.3 Å². The number of ketones is 1. The van der Waals surface area contributed by atoms with Crippen LogP contribution in [-0.4, -0.2) is 30.3 Å². The van der Waals surface area contributed by atoms with Gasteiger partial charge in [-0.1, -0.05) is 6.58 Å². The van der Waals surface area contributed by atoms with Crippen LogP contribution in [0.5, 0.6) is 0 Å². The first-order valence-electron chi connectivity index (χ1n) is 5.99. The molecule has 0 aliphatic heterocycles. The fourth-order valence-electron chi connectivity index (χ4n) is 1.37. The van der Waals surface area contributed by atoms with E-state index in [4.69, 9.17) is 4.74 Å². The Bertz CT molecular complexity index is 421. The van der Waals surface area contributed by atoms with Crippen molar-refractivity contribution in [3.63, 3.8) is 0 Å². The van der Waals surface area contributed by atoms with Gasteiger partial charge in [-0.2, -0.15) is 0 Å². The van der Waals surface area contributed by atoms with E-state index in [0.29, 0.717) is 0 Å². The van der Waals surface area contributed by atoms with Crippen molar-refractivity contribution < 1.29 is 93.2 Å². The van der Waals surface area contributed by atoms with Crippen molar-refractivity contribution in [3.8, 4) is 0 Å². The maximum atomic E-state index is 11.5. The molecule has 0 aromatic heterocycles. The average Bonchev–Trinajstić information content (AvgIpc) is 2.32. The zero-order chi connectivity index (χ0) is 15.7. The fourth-order valence-corrected chi connectivity index (χ4v) is 1.37. The maximum Gasteiger partial charge on any atom is 1.00 e. The first kappa shape index (κ1) is 26.7. The van der Waals surface area contributed by atoms with E-state index < -0.39 is 42.5 Å². The number of carbonyl (C=O) groups excluding carboxylic acids is 4. The van der Waals surface area contributed by atoms with Crippen molar-refractivity contribution in [3.05, 3.63) is 12.2 Å². The third-order valence-electron chi connectivity index (χ3n) is 2.40. The van der Waals surface area contributed by atoms with Crippen molar-refractivity contribution in [2.75, 3.05) is 6.61 Å². The molecule has 0 aromatic carbocycles. The normalized spacial score (nSPS) is 10.4. The van der Waals surface area contributed by atoms with E-state index >= 15 is 0 Å². The standard InChI is InChI=1S/C13H18O7.2Na/c1-8(2)13(19)20-5-3-4-10(14)6-9(12(17)18)7-11(15)16;;/h9H,1,3-7H2,2H3,(H,15,16)(H,17,18);;/q;2*+1/p-2. The van der Waals surface area contributed by atoms with Gasteiger partial charge < -0.3 is 24.5 Å². The Labute approximate surface area is 173 Å². The molecule has 0 saturated heterocycles. The van der Waals surface area contributed by atoms with E-state index in [1.807, 2.05) is 0 Å². The largest absolute Gasteiger partial charge is 1.00 e. The number of ether oxygens (including phenoxy) is 1. The van der Waals surface area contributed by atoms with Crippen LogP contribution in [0.4, 0.5) is 0 Å².